The molecule has 0 aromatic heterocycles. The van der Waals surface area contributed by atoms with E-state index in [9.17, 15) is 14.4 Å². The maximum absolute atomic E-state index is 12.4. The van der Waals surface area contributed by atoms with Gasteiger partial charge in [-0.15, -0.1) is 0 Å². The molecule has 2 amide bonds. The van der Waals surface area contributed by atoms with E-state index in [0.717, 1.165) is 24.0 Å². The molecule has 0 heterocycles. The summed E-state index contributed by atoms with van der Waals surface area (Å²) in [4.78, 5) is 36.1. The van der Waals surface area contributed by atoms with Gasteiger partial charge in [0, 0.05) is 22.6 Å². The van der Waals surface area contributed by atoms with Crippen LogP contribution in [0, 0.1) is 5.92 Å². The smallest absolute Gasteiger partial charge is 0.269 e. The van der Waals surface area contributed by atoms with Crippen LogP contribution >= 0.6 is 0 Å². The molecule has 0 bridgehead atoms. The first-order valence-corrected chi connectivity index (χ1v) is 7.53. The highest BCUT2D eigenvalue weighted by molar-refractivity contribution is 6.22. The first-order valence-electron chi connectivity index (χ1n) is 7.53. The molecule has 4 rings (SSSR count). The summed E-state index contributed by atoms with van der Waals surface area (Å²) in [5.41, 5.74) is 8.06. The fourth-order valence-corrected chi connectivity index (χ4v) is 2.81. The second-order valence-electron chi connectivity index (χ2n) is 5.85. The summed E-state index contributed by atoms with van der Waals surface area (Å²) in [7, 11) is 0. The summed E-state index contributed by atoms with van der Waals surface area (Å²) in [6.45, 7) is 0. The van der Waals surface area contributed by atoms with Crippen LogP contribution in [0.1, 0.15) is 39.1 Å². The second kappa shape index (κ2) is 5.05. The molecule has 2 aromatic rings. The van der Waals surface area contributed by atoms with Crippen molar-refractivity contribution in [2.24, 2.45) is 5.92 Å². The molecule has 2 N–H and O–H groups in total. The molecule has 0 spiro atoms. The van der Waals surface area contributed by atoms with E-state index in [1.165, 1.54) is 0 Å². The molecule has 0 saturated heterocycles. The van der Waals surface area contributed by atoms with E-state index >= 15 is 0 Å². The monoisotopic (exact) mass is 306 g/mol. The van der Waals surface area contributed by atoms with E-state index < -0.39 is 5.91 Å². The average Bonchev–Trinajstić information content (AvgIpc) is 3.39. The molecular formula is C18H14N2O3. The molecule has 23 heavy (non-hydrogen) atoms. The molecule has 1 fully saturated rings. The van der Waals surface area contributed by atoms with Gasteiger partial charge in [-0.05, 0) is 36.1 Å². The number of hydrogen-bond donors (Lipinski definition) is 2. The van der Waals surface area contributed by atoms with Crippen molar-refractivity contribution in [2.45, 2.75) is 12.8 Å². The van der Waals surface area contributed by atoms with Crippen molar-refractivity contribution in [3.63, 3.8) is 0 Å². The van der Waals surface area contributed by atoms with E-state index in [-0.39, 0.29) is 17.6 Å². The van der Waals surface area contributed by atoms with E-state index in [4.69, 9.17) is 0 Å². The van der Waals surface area contributed by atoms with Crippen molar-refractivity contribution < 1.29 is 14.4 Å². The second-order valence-corrected chi connectivity index (χ2v) is 5.85. The Kier molecular flexibility index (Phi) is 3.01. The van der Waals surface area contributed by atoms with Crippen LogP contribution in [-0.4, -0.2) is 17.6 Å². The van der Waals surface area contributed by atoms with Crippen LogP contribution in [0.15, 0.2) is 42.5 Å². The van der Waals surface area contributed by atoms with Gasteiger partial charge in [-0.1, -0.05) is 30.3 Å². The maximum atomic E-state index is 12.4. The minimum Gasteiger partial charge on any atom is -0.289 e. The number of hydrazine groups is 1. The SMILES string of the molecule is O=C(NNC(=O)C1CC1)c1ccc2c(c1)C(=O)c1ccccc1-2. The molecular weight excluding hydrogens is 292 g/mol. The van der Waals surface area contributed by atoms with Crippen molar-refractivity contribution in [1.29, 1.82) is 0 Å². The lowest BCUT2D eigenvalue weighted by molar-refractivity contribution is -0.123. The fourth-order valence-electron chi connectivity index (χ4n) is 2.81. The van der Waals surface area contributed by atoms with Crippen LogP contribution in [0.3, 0.4) is 0 Å². The molecule has 5 nitrogen and oxygen atoms in total. The van der Waals surface area contributed by atoms with Crippen molar-refractivity contribution in [3.8, 4) is 11.1 Å². The Morgan fingerprint density at radius 1 is 0.870 bits per heavy atom. The van der Waals surface area contributed by atoms with Gasteiger partial charge in [0.05, 0.1) is 0 Å². The van der Waals surface area contributed by atoms with Crippen molar-refractivity contribution in [3.05, 3.63) is 59.2 Å². The van der Waals surface area contributed by atoms with Gasteiger partial charge < -0.3 is 0 Å². The number of ketones is 1. The highest BCUT2D eigenvalue weighted by atomic mass is 16.2. The quantitative estimate of drug-likeness (QED) is 0.712. The first kappa shape index (κ1) is 13.7. The summed E-state index contributed by atoms with van der Waals surface area (Å²) in [6.07, 6.45) is 1.74. The number of fused-ring (bicyclic) bond motifs is 3. The van der Waals surface area contributed by atoms with Gasteiger partial charge in [0.2, 0.25) is 5.91 Å². The topological polar surface area (TPSA) is 75.3 Å². The zero-order valence-corrected chi connectivity index (χ0v) is 12.3. The van der Waals surface area contributed by atoms with Gasteiger partial charge in [-0.3, -0.25) is 25.2 Å². The Balaban J connectivity index is 1.57. The van der Waals surface area contributed by atoms with E-state index in [1.54, 1.807) is 24.3 Å². The van der Waals surface area contributed by atoms with Gasteiger partial charge in [-0.25, -0.2) is 0 Å². The highest BCUT2D eigenvalue weighted by Gasteiger charge is 2.30. The standard InChI is InChI=1S/C18H14N2O3/c21-16-14-4-2-1-3-12(14)13-8-7-11(9-15(13)16)18(23)20-19-17(22)10-5-6-10/h1-4,7-10H,5-6H2,(H,19,22)(H,20,23). The van der Waals surface area contributed by atoms with Crippen LogP contribution < -0.4 is 10.9 Å². The number of hydrogen-bond acceptors (Lipinski definition) is 3. The van der Waals surface area contributed by atoms with Crippen LogP contribution in [0.5, 0.6) is 0 Å². The first-order chi connectivity index (χ1) is 11.1. The predicted molar refractivity (Wildman–Crippen MR) is 83.6 cm³/mol. The van der Waals surface area contributed by atoms with Gasteiger partial charge in [0.25, 0.3) is 5.91 Å². The third kappa shape index (κ3) is 2.30. The van der Waals surface area contributed by atoms with Crippen LogP contribution in [0.2, 0.25) is 0 Å². The zero-order valence-electron chi connectivity index (χ0n) is 12.3. The fraction of sp³-hybridized carbons (Fsp3) is 0.167. The van der Waals surface area contributed by atoms with Crippen LogP contribution in [-0.2, 0) is 4.79 Å². The lowest BCUT2D eigenvalue weighted by Gasteiger charge is -2.08. The molecule has 1 saturated carbocycles. The molecule has 0 atom stereocenters. The van der Waals surface area contributed by atoms with Crippen molar-refractivity contribution in [1.82, 2.24) is 10.9 Å². The summed E-state index contributed by atoms with van der Waals surface area (Å²) in [5, 5.41) is 0. The third-order valence-electron chi connectivity index (χ3n) is 4.24. The normalized spacial score (nSPS) is 14.9. The molecule has 2 aliphatic carbocycles. The Morgan fingerprint density at radius 3 is 2.30 bits per heavy atom. The van der Waals surface area contributed by atoms with Crippen LogP contribution in [0.25, 0.3) is 11.1 Å². The Bertz CT molecular complexity index is 853. The molecule has 0 radical (unpaired) electrons. The van der Waals surface area contributed by atoms with E-state index in [2.05, 4.69) is 10.9 Å². The molecule has 0 unspecified atom stereocenters. The Labute approximate surface area is 132 Å². The van der Waals surface area contributed by atoms with Gasteiger partial charge in [0.1, 0.15) is 0 Å². The van der Waals surface area contributed by atoms with E-state index in [1.807, 2.05) is 18.2 Å². The summed E-state index contributed by atoms with van der Waals surface area (Å²) < 4.78 is 0. The average molecular weight is 306 g/mol. The highest BCUT2D eigenvalue weighted by Crippen LogP contribution is 2.36. The molecule has 2 aromatic carbocycles. The minimum absolute atomic E-state index is 0.0198. The summed E-state index contributed by atoms with van der Waals surface area (Å²) in [5.74, 6) is -0.646. The largest absolute Gasteiger partial charge is 0.289 e. The molecule has 2 aliphatic rings. The van der Waals surface area contributed by atoms with Crippen molar-refractivity contribution >= 4 is 17.6 Å². The van der Waals surface area contributed by atoms with E-state index in [0.29, 0.717) is 16.7 Å². The van der Waals surface area contributed by atoms with Crippen LogP contribution in [0.4, 0.5) is 0 Å². The minimum atomic E-state index is -0.425. The number of benzene rings is 2. The number of nitrogens with one attached hydrogen (secondary N) is 2. The predicted octanol–water partition coefficient (Wildman–Crippen LogP) is 2.07. The Hall–Kier alpha value is -2.95. The summed E-state index contributed by atoms with van der Waals surface area (Å²) >= 11 is 0. The number of carbonyl (C=O) groups is 3. The zero-order chi connectivity index (χ0) is 16.0. The lowest BCUT2D eigenvalue weighted by atomic mass is 10.0. The van der Waals surface area contributed by atoms with Gasteiger partial charge in [0.15, 0.2) is 5.78 Å². The lowest BCUT2D eigenvalue weighted by Crippen LogP contribution is -2.42. The molecule has 0 aliphatic heterocycles. The molecule has 114 valence electrons. The number of carbonyl (C=O) groups excluding carboxylic acids is 3. The number of rotatable bonds is 2. The maximum Gasteiger partial charge on any atom is 0.269 e. The number of amides is 2. The Morgan fingerprint density at radius 2 is 1.57 bits per heavy atom. The summed E-state index contributed by atoms with van der Waals surface area (Å²) in [6, 6.07) is 12.4. The third-order valence-corrected chi connectivity index (χ3v) is 4.24. The van der Waals surface area contributed by atoms with Gasteiger partial charge in [-0.2, -0.15) is 0 Å². The molecule has 5 heteroatoms. The van der Waals surface area contributed by atoms with Crippen molar-refractivity contribution in [2.75, 3.05) is 0 Å². The van der Waals surface area contributed by atoms with Gasteiger partial charge >= 0.3 is 0 Å².